The Kier molecular flexibility index (Phi) is 7.51. The van der Waals surface area contributed by atoms with Gasteiger partial charge >= 0.3 is 0 Å². The number of fused-ring (bicyclic) bond motifs is 1. The molecule has 8 heteroatoms. The highest BCUT2D eigenvalue weighted by molar-refractivity contribution is 5.74. The van der Waals surface area contributed by atoms with Gasteiger partial charge in [-0.1, -0.05) is 0 Å². The lowest BCUT2D eigenvalue weighted by atomic mass is 10.1. The summed E-state index contributed by atoms with van der Waals surface area (Å²) in [5.41, 5.74) is 10.3. The Hall–Kier alpha value is -2.81. The van der Waals surface area contributed by atoms with E-state index < -0.39 is 0 Å². The molecule has 2 N–H and O–H groups in total. The number of pyridine rings is 1. The first-order valence-electron chi connectivity index (χ1n) is 9.80. The zero-order chi connectivity index (χ0) is 21.5. The Labute approximate surface area is 177 Å². The van der Waals surface area contributed by atoms with Crippen LogP contribution < -0.4 is 15.2 Å². The van der Waals surface area contributed by atoms with Crippen LogP contribution in [0.2, 0.25) is 0 Å². The maximum atomic E-state index is 6.09. The summed E-state index contributed by atoms with van der Waals surface area (Å²) < 4.78 is 23.7. The normalized spacial score (nSPS) is 11.4. The van der Waals surface area contributed by atoms with Crippen LogP contribution in [0, 0.1) is 0 Å². The standard InChI is InChI=1S/C22H30N4O4/c1-27-11-9-25(10-12-28-2)15-19-22(24-21-8-5-16(23)14-26(19)21)18-13-17(29-3)6-7-20(18)30-4/h5-8,13-14H,9-12,15,23H2,1-4H3. The molecule has 2 aromatic heterocycles. The summed E-state index contributed by atoms with van der Waals surface area (Å²) in [5.74, 6) is 1.47. The van der Waals surface area contributed by atoms with Gasteiger partial charge < -0.3 is 29.1 Å². The quantitative estimate of drug-likeness (QED) is 0.516. The van der Waals surface area contributed by atoms with Crippen molar-refractivity contribution in [1.82, 2.24) is 14.3 Å². The molecule has 3 aromatic rings. The predicted molar refractivity (Wildman–Crippen MR) is 117 cm³/mol. The van der Waals surface area contributed by atoms with Gasteiger partial charge in [-0.25, -0.2) is 4.98 Å². The second kappa shape index (κ2) is 10.3. The molecule has 0 aliphatic carbocycles. The molecule has 3 rings (SSSR count). The Bertz CT molecular complexity index is 965. The minimum Gasteiger partial charge on any atom is -0.497 e. The summed E-state index contributed by atoms with van der Waals surface area (Å²) in [6, 6.07) is 9.49. The van der Waals surface area contributed by atoms with E-state index in [1.807, 2.05) is 40.9 Å². The van der Waals surface area contributed by atoms with Gasteiger partial charge in [-0.3, -0.25) is 4.90 Å². The molecule has 0 fully saturated rings. The number of aromatic nitrogens is 2. The molecular formula is C22H30N4O4. The van der Waals surface area contributed by atoms with Gasteiger partial charge in [-0.2, -0.15) is 0 Å². The molecule has 0 aliphatic rings. The van der Waals surface area contributed by atoms with Crippen LogP contribution in [0.25, 0.3) is 16.9 Å². The van der Waals surface area contributed by atoms with E-state index in [0.29, 0.717) is 25.4 Å². The van der Waals surface area contributed by atoms with Crippen molar-refractivity contribution in [3.8, 4) is 22.8 Å². The number of nitrogen functional groups attached to an aromatic ring is 1. The Balaban J connectivity index is 2.13. The first-order valence-corrected chi connectivity index (χ1v) is 9.80. The fraction of sp³-hybridized carbons (Fsp3) is 0.409. The van der Waals surface area contributed by atoms with Crippen molar-refractivity contribution in [3.05, 3.63) is 42.2 Å². The number of benzene rings is 1. The molecule has 0 unspecified atom stereocenters. The number of ether oxygens (including phenoxy) is 4. The Morgan fingerprint density at radius 3 is 2.33 bits per heavy atom. The van der Waals surface area contributed by atoms with Gasteiger partial charge in [0.1, 0.15) is 17.1 Å². The van der Waals surface area contributed by atoms with Crippen LogP contribution in [0.4, 0.5) is 5.69 Å². The lowest BCUT2D eigenvalue weighted by Crippen LogP contribution is -2.31. The average molecular weight is 415 g/mol. The molecule has 162 valence electrons. The third-order valence-electron chi connectivity index (χ3n) is 5.00. The molecule has 0 saturated heterocycles. The van der Waals surface area contributed by atoms with Crippen LogP contribution in [-0.4, -0.2) is 69.0 Å². The molecule has 0 bridgehead atoms. The van der Waals surface area contributed by atoms with Crippen molar-refractivity contribution < 1.29 is 18.9 Å². The highest BCUT2D eigenvalue weighted by Crippen LogP contribution is 2.36. The number of nitrogens with two attached hydrogens (primary N) is 1. The van der Waals surface area contributed by atoms with Crippen molar-refractivity contribution in [2.24, 2.45) is 0 Å². The van der Waals surface area contributed by atoms with Crippen LogP contribution in [0.15, 0.2) is 36.5 Å². The minimum atomic E-state index is 0.625. The van der Waals surface area contributed by atoms with Crippen molar-refractivity contribution in [2.45, 2.75) is 6.54 Å². The fourth-order valence-electron chi connectivity index (χ4n) is 3.40. The summed E-state index contributed by atoms with van der Waals surface area (Å²) in [6.45, 7) is 3.43. The van der Waals surface area contributed by atoms with Gasteiger partial charge in [-0.05, 0) is 30.3 Å². The van der Waals surface area contributed by atoms with E-state index in [4.69, 9.17) is 29.7 Å². The van der Waals surface area contributed by atoms with E-state index in [1.54, 1.807) is 28.4 Å². The number of rotatable bonds is 11. The molecule has 0 aliphatic heterocycles. The highest BCUT2D eigenvalue weighted by atomic mass is 16.5. The van der Waals surface area contributed by atoms with Crippen LogP contribution in [-0.2, 0) is 16.0 Å². The topological polar surface area (TPSA) is 83.5 Å². The minimum absolute atomic E-state index is 0.625. The molecule has 1 aromatic carbocycles. The first kappa shape index (κ1) is 21.9. The summed E-state index contributed by atoms with van der Waals surface area (Å²) in [4.78, 5) is 7.18. The largest absolute Gasteiger partial charge is 0.497 e. The van der Waals surface area contributed by atoms with Gasteiger partial charge in [0.25, 0.3) is 0 Å². The third kappa shape index (κ3) is 4.84. The Morgan fingerprint density at radius 1 is 0.967 bits per heavy atom. The van der Waals surface area contributed by atoms with E-state index in [0.717, 1.165) is 47.2 Å². The van der Waals surface area contributed by atoms with Gasteiger partial charge in [0.2, 0.25) is 0 Å². The number of anilines is 1. The molecule has 0 spiro atoms. The van der Waals surface area contributed by atoms with E-state index >= 15 is 0 Å². The number of hydrogen-bond donors (Lipinski definition) is 1. The van der Waals surface area contributed by atoms with Crippen molar-refractivity contribution in [2.75, 3.05) is 60.5 Å². The summed E-state index contributed by atoms with van der Waals surface area (Å²) in [7, 11) is 6.71. The molecule has 8 nitrogen and oxygen atoms in total. The second-order valence-electron chi connectivity index (χ2n) is 6.93. The number of nitrogens with zero attached hydrogens (tertiary/aromatic N) is 3. The van der Waals surface area contributed by atoms with Gasteiger partial charge in [-0.15, -0.1) is 0 Å². The molecule has 0 amide bonds. The molecule has 0 atom stereocenters. The lowest BCUT2D eigenvalue weighted by molar-refractivity contribution is 0.109. The molecule has 30 heavy (non-hydrogen) atoms. The monoisotopic (exact) mass is 414 g/mol. The van der Waals surface area contributed by atoms with E-state index in [2.05, 4.69) is 4.90 Å². The number of hydrogen-bond acceptors (Lipinski definition) is 7. The summed E-state index contributed by atoms with van der Waals surface area (Å²) in [6.07, 6.45) is 1.90. The van der Waals surface area contributed by atoms with Gasteiger partial charge in [0.05, 0.1) is 38.8 Å². The van der Waals surface area contributed by atoms with Crippen LogP contribution in [0.1, 0.15) is 5.69 Å². The molecular weight excluding hydrogens is 384 g/mol. The molecule has 0 radical (unpaired) electrons. The third-order valence-corrected chi connectivity index (χ3v) is 5.00. The summed E-state index contributed by atoms with van der Waals surface area (Å²) in [5, 5.41) is 0. The van der Waals surface area contributed by atoms with Crippen LogP contribution in [0.3, 0.4) is 0 Å². The van der Waals surface area contributed by atoms with Crippen molar-refractivity contribution >= 4 is 11.3 Å². The van der Waals surface area contributed by atoms with E-state index in [9.17, 15) is 0 Å². The number of imidazole rings is 1. The van der Waals surface area contributed by atoms with Crippen molar-refractivity contribution in [1.29, 1.82) is 0 Å². The zero-order valence-electron chi connectivity index (χ0n) is 18.1. The molecule has 2 heterocycles. The lowest BCUT2D eigenvalue weighted by Gasteiger charge is -2.22. The van der Waals surface area contributed by atoms with Crippen LogP contribution >= 0.6 is 0 Å². The first-order chi connectivity index (χ1) is 14.6. The predicted octanol–water partition coefficient (Wildman–Crippen LogP) is 2.70. The Morgan fingerprint density at radius 2 is 1.70 bits per heavy atom. The molecule has 0 saturated carbocycles. The van der Waals surface area contributed by atoms with Gasteiger partial charge in [0, 0.05) is 51.3 Å². The van der Waals surface area contributed by atoms with Crippen molar-refractivity contribution in [3.63, 3.8) is 0 Å². The fourth-order valence-corrected chi connectivity index (χ4v) is 3.40. The van der Waals surface area contributed by atoms with E-state index in [1.165, 1.54) is 0 Å². The average Bonchev–Trinajstić information content (AvgIpc) is 3.12. The summed E-state index contributed by atoms with van der Waals surface area (Å²) >= 11 is 0. The van der Waals surface area contributed by atoms with Gasteiger partial charge in [0.15, 0.2) is 0 Å². The maximum absolute atomic E-state index is 6.09. The van der Waals surface area contributed by atoms with E-state index in [-0.39, 0.29) is 0 Å². The number of methoxy groups -OCH3 is 4. The highest BCUT2D eigenvalue weighted by Gasteiger charge is 2.20. The maximum Gasteiger partial charge on any atom is 0.137 e. The second-order valence-corrected chi connectivity index (χ2v) is 6.93. The zero-order valence-corrected chi connectivity index (χ0v) is 18.1. The smallest absolute Gasteiger partial charge is 0.137 e. The van der Waals surface area contributed by atoms with Crippen LogP contribution in [0.5, 0.6) is 11.5 Å². The SMILES string of the molecule is COCCN(CCOC)Cc1c(-c2cc(OC)ccc2OC)nc2ccc(N)cn12.